The van der Waals surface area contributed by atoms with Crippen LogP contribution in [0.15, 0.2) is 36.5 Å². The lowest BCUT2D eigenvalue weighted by molar-refractivity contribution is 0.414. The fraction of sp³-hybridized carbons (Fsp3) is 0.333. The van der Waals surface area contributed by atoms with Crippen molar-refractivity contribution in [3.05, 3.63) is 47.8 Å². The van der Waals surface area contributed by atoms with Gasteiger partial charge in [-0.15, -0.1) is 0 Å². The smallest absolute Gasteiger partial charge is 0.222 e. The van der Waals surface area contributed by atoms with Crippen molar-refractivity contribution in [3.8, 4) is 5.75 Å². The lowest BCUT2D eigenvalue weighted by Gasteiger charge is -2.06. The Morgan fingerprint density at radius 3 is 2.70 bits per heavy atom. The molecule has 0 bridgehead atoms. The maximum atomic E-state index is 5.46. The van der Waals surface area contributed by atoms with Crippen LogP contribution < -0.4 is 15.8 Å². The van der Waals surface area contributed by atoms with Crippen LogP contribution in [0.1, 0.15) is 17.7 Å². The zero-order chi connectivity index (χ0) is 14.2. The summed E-state index contributed by atoms with van der Waals surface area (Å²) in [4.78, 5) is 8.69. The van der Waals surface area contributed by atoms with Gasteiger partial charge in [-0.2, -0.15) is 0 Å². The highest BCUT2D eigenvalue weighted by Gasteiger charge is 2.01. The van der Waals surface area contributed by atoms with Gasteiger partial charge in [0.25, 0.3) is 0 Å². The van der Waals surface area contributed by atoms with Crippen LogP contribution in [-0.2, 0) is 6.42 Å². The van der Waals surface area contributed by atoms with Gasteiger partial charge in [0.15, 0.2) is 0 Å². The van der Waals surface area contributed by atoms with E-state index in [1.54, 1.807) is 13.3 Å². The summed E-state index contributed by atoms with van der Waals surface area (Å²) in [6, 6.07) is 9.93. The van der Waals surface area contributed by atoms with Crippen molar-refractivity contribution in [1.29, 1.82) is 0 Å². The van der Waals surface area contributed by atoms with Crippen LogP contribution in [0.4, 0.5) is 5.95 Å². The SMILES string of the molecule is COc1ccc(Cc2ccnc(NCCCN)n2)cc1. The van der Waals surface area contributed by atoms with E-state index in [2.05, 4.69) is 15.3 Å². The quantitative estimate of drug-likeness (QED) is 0.752. The van der Waals surface area contributed by atoms with Crippen molar-refractivity contribution < 1.29 is 4.74 Å². The van der Waals surface area contributed by atoms with Gasteiger partial charge in [-0.25, -0.2) is 9.97 Å². The molecule has 20 heavy (non-hydrogen) atoms. The molecule has 0 amide bonds. The Bertz CT molecular complexity index is 528. The molecule has 2 rings (SSSR count). The lowest BCUT2D eigenvalue weighted by atomic mass is 10.1. The van der Waals surface area contributed by atoms with Crippen LogP contribution in [0, 0.1) is 0 Å². The average molecular weight is 272 g/mol. The number of hydrogen-bond acceptors (Lipinski definition) is 5. The molecule has 3 N–H and O–H groups in total. The third kappa shape index (κ3) is 4.20. The fourth-order valence-corrected chi connectivity index (χ4v) is 1.83. The maximum Gasteiger partial charge on any atom is 0.222 e. The minimum atomic E-state index is 0.657. The van der Waals surface area contributed by atoms with E-state index in [4.69, 9.17) is 10.5 Å². The Morgan fingerprint density at radius 1 is 1.20 bits per heavy atom. The van der Waals surface area contributed by atoms with Gasteiger partial charge < -0.3 is 15.8 Å². The van der Waals surface area contributed by atoms with Gasteiger partial charge in [-0.1, -0.05) is 12.1 Å². The molecular formula is C15H20N4O. The van der Waals surface area contributed by atoms with E-state index in [0.717, 1.165) is 30.8 Å². The number of nitrogens with one attached hydrogen (secondary N) is 1. The number of methoxy groups -OCH3 is 1. The molecule has 106 valence electrons. The van der Waals surface area contributed by atoms with Crippen molar-refractivity contribution in [2.24, 2.45) is 5.73 Å². The molecule has 0 radical (unpaired) electrons. The summed E-state index contributed by atoms with van der Waals surface area (Å²) in [5.41, 5.74) is 7.64. The summed E-state index contributed by atoms with van der Waals surface area (Å²) >= 11 is 0. The summed E-state index contributed by atoms with van der Waals surface area (Å²) < 4.78 is 5.15. The van der Waals surface area contributed by atoms with E-state index in [0.29, 0.717) is 12.5 Å². The number of nitrogens with two attached hydrogens (primary N) is 1. The highest BCUT2D eigenvalue weighted by molar-refractivity contribution is 5.31. The summed E-state index contributed by atoms with van der Waals surface area (Å²) in [7, 11) is 1.67. The van der Waals surface area contributed by atoms with Gasteiger partial charge in [0.2, 0.25) is 5.95 Å². The first-order chi connectivity index (χ1) is 9.81. The number of rotatable bonds is 7. The van der Waals surface area contributed by atoms with E-state index in [9.17, 15) is 0 Å². The van der Waals surface area contributed by atoms with E-state index in [-0.39, 0.29) is 0 Å². The Labute approximate surface area is 119 Å². The van der Waals surface area contributed by atoms with E-state index < -0.39 is 0 Å². The van der Waals surface area contributed by atoms with Crippen molar-refractivity contribution in [1.82, 2.24) is 9.97 Å². The predicted molar refractivity (Wildman–Crippen MR) is 80.0 cm³/mol. The van der Waals surface area contributed by atoms with Crippen LogP contribution in [0.25, 0.3) is 0 Å². The number of hydrogen-bond donors (Lipinski definition) is 2. The molecule has 1 heterocycles. The van der Waals surface area contributed by atoms with Gasteiger partial charge in [0.1, 0.15) is 5.75 Å². The highest BCUT2D eigenvalue weighted by Crippen LogP contribution is 2.14. The minimum Gasteiger partial charge on any atom is -0.497 e. The molecule has 0 aliphatic carbocycles. The molecule has 0 fully saturated rings. The summed E-state index contributed by atoms with van der Waals surface area (Å²) in [6.45, 7) is 1.46. The first-order valence-corrected chi connectivity index (χ1v) is 6.70. The van der Waals surface area contributed by atoms with E-state index in [1.165, 1.54) is 5.56 Å². The molecule has 5 nitrogen and oxygen atoms in total. The Morgan fingerprint density at radius 2 is 2.00 bits per heavy atom. The molecule has 5 heteroatoms. The van der Waals surface area contributed by atoms with E-state index in [1.807, 2.05) is 30.3 Å². The predicted octanol–water partition coefficient (Wildman–Crippen LogP) is 1.84. The molecule has 0 atom stereocenters. The number of anilines is 1. The maximum absolute atomic E-state index is 5.46. The Balaban J connectivity index is 1.99. The van der Waals surface area contributed by atoms with Crippen LogP contribution in [0.3, 0.4) is 0 Å². The van der Waals surface area contributed by atoms with Gasteiger partial charge in [0.05, 0.1) is 12.8 Å². The number of ether oxygens (including phenoxy) is 1. The molecule has 2 aromatic rings. The van der Waals surface area contributed by atoms with Crippen molar-refractivity contribution >= 4 is 5.95 Å². The van der Waals surface area contributed by atoms with Gasteiger partial charge in [-0.3, -0.25) is 0 Å². The van der Waals surface area contributed by atoms with Gasteiger partial charge >= 0.3 is 0 Å². The zero-order valence-corrected chi connectivity index (χ0v) is 11.7. The third-order valence-corrected chi connectivity index (χ3v) is 2.92. The van der Waals surface area contributed by atoms with E-state index >= 15 is 0 Å². The minimum absolute atomic E-state index is 0.657. The highest BCUT2D eigenvalue weighted by atomic mass is 16.5. The average Bonchev–Trinajstić information content (AvgIpc) is 2.49. The van der Waals surface area contributed by atoms with Crippen LogP contribution in [0.2, 0.25) is 0 Å². The summed E-state index contributed by atoms with van der Waals surface area (Å²) in [5.74, 6) is 1.52. The molecule has 0 aliphatic rings. The second-order valence-corrected chi connectivity index (χ2v) is 4.47. The molecule has 0 saturated heterocycles. The number of nitrogens with zero attached hydrogens (tertiary/aromatic N) is 2. The zero-order valence-electron chi connectivity index (χ0n) is 11.7. The molecule has 1 aromatic carbocycles. The first-order valence-electron chi connectivity index (χ1n) is 6.70. The molecule has 1 aromatic heterocycles. The van der Waals surface area contributed by atoms with Crippen molar-refractivity contribution in [2.45, 2.75) is 12.8 Å². The number of aromatic nitrogens is 2. The molecule has 0 unspecified atom stereocenters. The largest absolute Gasteiger partial charge is 0.497 e. The topological polar surface area (TPSA) is 73.1 Å². The van der Waals surface area contributed by atoms with Crippen LogP contribution in [0.5, 0.6) is 5.75 Å². The van der Waals surface area contributed by atoms with Gasteiger partial charge in [0, 0.05) is 19.2 Å². The Kier molecular flexibility index (Phi) is 5.32. The van der Waals surface area contributed by atoms with Crippen molar-refractivity contribution in [3.63, 3.8) is 0 Å². The summed E-state index contributed by atoms with van der Waals surface area (Å²) in [6.07, 6.45) is 3.46. The monoisotopic (exact) mass is 272 g/mol. The first kappa shape index (κ1) is 14.3. The third-order valence-electron chi connectivity index (χ3n) is 2.92. The molecular weight excluding hydrogens is 252 g/mol. The lowest BCUT2D eigenvalue weighted by Crippen LogP contribution is -2.11. The Hall–Kier alpha value is -2.14. The van der Waals surface area contributed by atoms with Crippen molar-refractivity contribution in [2.75, 3.05) is 25.5 Å². The van der Waals surface area contributed by atoms with Crippen LogP contribution in [-0.4, -0.2) is 30.2 Å². The standard InChI is InChI=1S/C15H20N4O/c1-20-14-5-3-12(4-6-14)11-13-7-10-18-15(19-13)17-9-2-8-16/h3-7,10H,2,8-9,11,16H2,1H3,(H,17,18,19). The molecule has 0 saturated carbocycles. The normalized spacial score (nSPS) is 10.3. The molecule has 0 aliphatic heterocycles. The molecule has 0 spiro atoms. The fourth-order valence-electron chi connectivity index (χ4n) is 1.83. The van der Waals surface area contributed by atoms with Crippen LogP contribution >= 0.6 is 0 Å². The second kappa shape index (κ2) is 7.45. The second-order valence-electron chi connectivity index (χ2n) is 4.47. The summed E-state index contributed by atoms with van der Waals surface area (Å²) in [5, 5.41) is 3.17. The van der Waals surface area contributed by atoms with Gasteiger partial charge in [-0.05, 0) is 36.7 Å². The number of benzene rings is 1.